The molecular weight excluding hydrogens is 389 g/mol. The molecule has 0 N–H and O–H groups in total. The maximum atomic E-state index is 13.1. The zero-order chi connectivity index (χ0) is 19.4. The summed E-state index contributed by atoms with van der Waals surface area (Å²) in [6.45, 7) is 4.34. The van der Waals surface area contributed by atoms with E-state index in [4.69, 9.17) is 0 Å². The molecule has 0 spiro atoms. The molecule has 27 heavy (non-hydrogen) atoms. The number of nitriles is 1. The van der Waals surface area contributed by atoms with Crippen LogP contribution in [0.15, 0.2) is 46.2 Å². The van der Waals surface area contributed by atoms with Gasteiger partial charge in [0.05, 0.1) is 17.2 Å². The third-order valence-corrected chi connectivity index (χ3v) is 6.33. The third-order valence-electron chi connectivity index (χ3n) is 4.29. The summed E-state index contributed by atoms with van der Waals surface area (Å²) < 4.78 is 39.4. The van der Waals surface area contributed by atoms with Gasteiger partial charge in [-0.2, -0.15) is 30.2 Å². The van der Waals surface area contributed by atoms with Crippen LogP contribution in [-0.4, -0.2) is 29.5 Å². The first-order valence-electron chi connectivity index (χ1n) is 8.55. The predicted octanol–water partition coefficient (Wildman–Crippen LogP) is 5.59. The molecule has 0 saturated carbocycles. The Balaban J connectivity index is 1.90. The Kier molecular flexibility index (Phi) is 6.40. The molecule has 3 rings (SSSR count). The molecule has 0 radical (unpaired) electrons. The highest BCUT2D eigenvalue weighted by Gasteiger charge is 2.31. The first-order chi connectivity index (χ1) is 12.8. The van der Waals surface area contributed by atoms with Crippen LogP contribution in [0, 0.1) is 18.3 Å². The van der Waals surface area contributed by atoms with Crippen molar-refractivity contribution < 1.29 is 13.2 Å². The Labute approximate surface area is 165 Å². The van der Waals surface area contributed by atoms with E-state index < -0.39 is 11.7 Å². The van der Waals surface area contributed by atoms with Crippen LogP contribution in [0.5, 0.6) is 0 Å². The van der Waals surface area contributed by atoms with Crippen LogP contribution in [0.3, 0.4) is 0 Å². The van der Waals surface area contributed by atoms with E-state index in [9.17, 15) is 18.4 Å². The van der Waals surface area contributed by atoms with Crippen molar-refractivity contribution in [2.75, 3.05) is 24.6 Å². The van der Waals surface area contributed by atoms with Crippen LogP contribution in [0.1, 0.15) is 22.3 Å². The Bertz CT molecular complexity index is 853. The van der Waals surface area contributed by atoms with E-state index in [1.165, 1.54) is 17.8 Å². The molecule has 1 aliphatic rings. The summed E-state index contributed by atoms with van der Waals surface area (Å²) in [5.74, 6) is 2.15. The van der Waals surface area contributed by atoms with Gasteiger partial charge in [-0.05, 0) is 54.4 Å². The molecule has 0 aliphatic carbocycles. The second kappa shape index (κ2) is 8.59. The maximum absolute atomic E-state index is 13.1. The van der Waals surface area contributed by atoms with Gasteiger partial charge < -0.3 is 0 Å². The Morgan fingerprint density at radius 3 is 2.56 bits per heavy atom. The fraction of sp³-hybridized carbons (Fsp3) is 0.350. The summed E-state index contributed by atoms with van der Waals surface area (Å²) in [7, 11) is 0. The summed E-state index contributed by atoms with van der Waals surface area (Å²) in [6, 6.07) is 11.7. The van der Waals surface area contributed by atoms with Crippen molar-refractivity contribution in [1.82, 2.24) is 4.90 Å². The molecule has 2 aromatic carbocycles. The molecule has 7 heteroatoms. The van der Waals surface area contributed by atoms with Crippen molar-refractivity contribution in [3.63, 3.8) is 0 Å². The van der Waals surface area contributed by atoms with Crippen molar-refractivity contribution in [2.45, 2.75) is 29.4 Å². The van der Waals surface area contributed by atoms with Gasteiger partial charge in [-0.3, -0.25) is 4.90 Å². The lowest BCUT2D eigenvalue weighted by Gasteiger charge is -2.27. The van der Waals surface area contributed by atoms with E-state index in [0.29, 0.717) is 22.6 Å². The molecule has 0 aromatic heterocycles. The zero-order valence-electron chi connectivity index (χ0n) is 14.8. The first kappa shape index (κ1) is 20.1. The molecule has 2 nitrogen and oxygen atoms in total. The highest BCUT2D eigenvalue weighted by molar-refractivity contribution is 7.99. The Morgan fingerprint density at radius 1 is 1.15 bits per heavy atom. The number of benzene rings is 2. The number of alkyl halides is 3. The maximum Gasteiger partial charge on any atom is 0.416 e. The average Bonchev–Trinajstić information content (AvgIpc) is 2.63. The molecular formula is C20H19F3N2S2. The smallest absolute Gasteiger partial charge is 0.297 e. The van der Waals surface area contributed by atoms with E-state index >= 15 is 0 Å². The van der Waals surface area contributed by atoms with Gasteiger partial charge in [0, 0.05) is 40.9 Å². The highest BCUT2D eigenvalue weighted by atomic mass is 32.2. The minimum Gasteiger partial charge on any atom is -0.297 e. The largest absolute Gasteiger partial charge is 0.416 e. The van der Waals surface area contributed by atoms with Crippen LogP contribution in [0.2, 0.25) is 0 Å². The van der Waals surface area contributed by atoms with Crippen molar-refractivity contribution in [1.29, 1.82) is 5.26 Å². The number of hydrogen-bond acceptors (Lipinski definition) is 4. The highest BCUT2D eigenvalue weighted by Crippen LogP contribution is 2.37. The van der Waals surface area contributed by atoms with Crippen molar-refractivity contribution in [3.05, 3.63) is 58.7 Å². The van der Waals surface area contributed by atoms with Crippen molar-refractivity contribution in [3.8, 4) is 6.07 Å². The quantitative estimate of drug-likeness (QED) is 0.659. The minimum absolute atomic E-state index is 0.558. The van der Waals surface area contributed by atoms with Gasteiger partial charge in [-0.15, -0.1) is 0 Å². The third kappa shape index (κ3) is 5.44. The van der Waals surface area contributed by atoms with Gasteiger partial charge >= 0.3 is 6.18 Å². The molecule has 2 aromatic rings. The summed E-state index contributed by atoms with van der Waals surface area (Å²) >= 11 is 3.25. The average molecular weight is 409 g/mol. The summed E-state index contributed by atoms with van der Waals surface area (Å²) in [5, 5.41) is 9.21. The fourth-order valence-electron chi connectivity index (χ4n) is 2.97. The first-order valence-corrected chi connectivity index (χ1v) is 10.5. The molecule has 0 atom stereocenters. The minimum atomic E-state index is -4.36. The van der Waals surface area contributed by atoms with Gasteiger partial charge in [-0.1, -0.05) is 11.8 Å². The number of nitrogens with zero attached hydrogens (tertiary/aromatic N) is 2. The van der Waals surface area contributed by atoms with Crippen LogP contribution in [-0.2, 0) is 12.7 Å². The van der Waals surface area contributed by atoms with E-state index in [-0.39, 0.29) is 0 Å². The van der Waals surface area contributed by atoms with Gasteiger partial charge in [-0.25, -0.2) is 0 Å². The molecule has 1 heterocycles. The standard InChI is InChI=1S/C20H19F3N2S2/c1-14-8-17(20(21,22)23)11-18(9-14)27-19-3-2-15(12-24)10-16(19)13-25-4-6-26-7-5-25/h2-3,8-11H,4-7,13H2,1H3. The van der Waals surface area contributed by atoms with Crippen LogP contribution in [0.4, 0.5) is 13.2 Å². The summed E-state index contributed by atoms with van der Waals surface area (Å²) in [4.78, 5) is 3.78. The monoisotopic (exact) mass is 408 g/mol. The van der Waals surface area contributed by atoms with Gasteiger partial charge in [0.25, 0.3) is 0 Å². The summed E-state index contributed by atoms with van der Waals surface area (Å²) in [6.07, 6.45) is -4.36. The van der Waals surface area contributed by atoms with Gasteiger partial charge in [0.2, 0.25) is 0 Å². The zero-order valence-corrected chi connectivity index (χ0v) is 16.5. The van der Waals surface area contributed by atoms with E-state index in [1.807, 2.05) is 23.9 Å². The van der Waals surface area contributed by atoms with Crippen molar-refractivity contribution in [2.24, 2.45) is 0 Å². The van der Waals surface area contributed by atoms with Crippen LogP contribution in [0.25, 0.3) is 0 Å². The lowest BCUT2D eigenvalue weighted by molar-refractivity contribution is -0.137. The van der Waals surface area contributed by atoms with Crippen LogP contribution < -0.4 is 0 Å². The topological polar surface area (TPSA) is 27.0 Å². The predicted molar refractivity (Wildman–Crippen MR) is 104 cm³/mol. The number of hydrogen-bond donors (Lipinski definition) is 0. The Hall–Kier alpha value is -1.62. The lowest BCUT2D eigenvalue weighted by Crippen LogP contribution is -2.32. The second-order valence-corrected chi connectivity index (χ2v) is 8.80. The van der Waals surface area contributed by atoms with Gasteiger partial charge in [0.1, 0.15) is 0 Å². The molecule has 1 saturated heterocycles. The molecule has 1 aliphatic heterocycles. The van der Waals surface area contributed by atoms with E-state index in [1.54, 1.807) is 19.1 Å². The van der Waals surface area contributed by atoms with Crippen LogP contribution >= 0.6 is 23.5 Å². The molecule has 0 amide bonds. The fourth-order valence-corrected chi connectivity index (χ4v) is 5.02. The molecule has 0 bridgehead atoms. The summed E-state index contributed by atoms with van der Waals surface area (Å²) in [5.41, 5.74) is 1.51. The number of thioether (sulfide) groups is 1. The van der Waals surface area contributed by atoms with Crippen molar-refractivity contribution >= 4 is 23.5 Å². The Morgan fingerprint density at radius 2 is 1.89 bits per heavy atom. The lowest BCUT2D eigenvalue weighted by atomic mass is 10.1. The number of aryl methyl sites for hydroxylation is 1. The van der Waals surface area contributed by atoms with Gasteiger partial charge in [0.15, 0.2) is 0 Å². The second-order valence-electron chi connectivity index (χ2n) is 6.46. The normalized spacial score (nSPS) is 15.5. The molecule has 0 unspecified atom stereocenters. The number of halogens is 3. The molecule has 1 fully saturated rings. The number of rotatable bonds is 4. The molecule has 142 valence electrons. The van der Waals surface area contributed by atoms with E-state index in [2.05, 4.69) is 11.0 Å². The SMILES string of the molecule is Cc1cc(Sc2ccc(C#N)cc2CN2CCSCC2)cc(C(F)(F)F)c1. The van der Waals surface area contributed by atoms with E-state index in [0.717, 1.165) is 41.1 Å².